The molecule has 2 aromatic rings. The molecule has 1 aromatic carbocycles. The SMILES string of the molecule is Cc1cccc2c(=O)n(CCC(=O)N3CCCNCC3)cnc12. The van der Waals surface area contributed by atoms with E-state index in [9.17, 15) is 9.59 Å². The zero-order chi connectivity index (χ0) is 16.2. The Morgan fingerprint density at radius 2 is 2.17 bits per heavy atom. The molecule has 0 saturated carbocycles. The van der Waals surface area contributed by atoms with Crippen molar-refractivity contribution in [3.63, 3.8) is 0 Å². The molecule has 1 fully saturated rings. The zero-order valence-electron chi connectivity index (χ0n) is 13.4. The Kier molecular flexibility index (Phi) is 4.71. The Hall–Kier alpha value is -2.21. The van der Waals surface area contributed by atoms with Crippen LogP contribution in [0.5, 0.6) is 0 Å². The van der Waals surface area contributed by atoms with Crippen LogP contribution in [-0.2, 0) is 11.3 Å². The van der Waals surface area contributed by atoms with E-state index in [0.717, 1.165) is 43.7 Å². The number of carbonyl (C=O) groups is 1. The molecule has 0 aliphatic carbocycles. The smallest absolute Gasteiger partial charge is 0.261 e. The molecule has 2 heterocycles. The van der Waals surface area contributed by atoms with Gasteiger partial charge in [0.1, 0.15) is 0 Å². The molecule has 1 N–H and O–H groups in total. The molecule has 0 bridgehead atoms. The van der Waals surface area contributed by atoms with E-state index in [1.165, 1.54) is 4.57 Å². The number of hydrogen-bond acceptors (Lipinski definition) is 4. The van der Waals surface area contributed by atoms with Gasteiger partial charge >= 0.3 is 0 Å². The molecule has 6 nitrogen and oxygen atoms in total. The highest BCUT2D eigenvalue weighted by molar-refractivity contribution is 5.80. The predicted molar refractivity (Wildman–Crippen MR) is 89.4 cm³/mol. The second-order valence-electron chi connectivity index (χ2n) is 5.95. The first-order valence-electron chi connectivity index (χ1n) is 8.10. The van der Waals surface area contributed by atoms with Crippen LogP contribution < -0.4 is 10.9 Å². The second kappa shape index (κ2) is 6.91. The number of benzene rings is 1. The van der Waals surface area contributed by atoms with Crippen LogP contribution in [0.2, 0.25) is 0 Å². The summed E-state index contributed by atoms with van der Waals surface area (Å²) in [6, 6.07) is 5.59. The average molecular weight is 314 g/mol. The summed E-state index contributed by atoms with van der Waals surface area (Å²) in [5, 5.41) is 3.89. The molecule has 6 heteroatoms. The summed E-state index contributed by atoms with van der Waals surface area (Å²) in [6.07, 6.45) is 2.86. The van der Waals surface area contributed by atoms with Crippen LogP contribution in [0.3, 0.4) is 0 Å². The fourth-order valence-electron chi connectivity index (χ4n) is 2.97. The van der Waals surface area contributed by atoms with E-state index in [1.54, 1.807) is 12.4 Å². The summed E-state index contributed by atoms with van der Waals surface area (Å²) in [5.74, 6) is 0.102. The lowest BCUT2D eigenvalue weighted by atomic mass is 10.1. The maximum Gasteiger partial charge on any atom is 0.261 e. The highest BCUT2D eigenvalue weighted by Gasteiger charge is 2.15. The number of rotatable bonds is 3. The number of aromatic nitrogens is 2. The fraction of sp³-hybridized carbons (Fsp3) is 0.471. The Balaban J connectivity index is 1.73. The number of para-hydroxylation sites is 1. The molecule has 1 aliphatic heterocycles. The molecular weight excluding hydrogens is 292 g/mol. The van der Waals surface area contributed by atoms with Gasteiger partial charge in [0.15, 0.2) is 0 Å². The fourth-order valence-corrected chi connectivity index (χ4v) is 2.97. The second-order valence-corrected chi connectivity index (χ2v) is 5.95. The van der Waals surface area contributed by atoms with Gasteiger partial charge in [0.2, 0.25) is 5.91 Å². The monoisotopic (exact) mass is 314 g/mol. The predicted octanol–water partition coefficient (Wildman–Crippen LogP) is 0.917. The van der Waals surface area contributed by atoms with Crippen LogP contribution in [0.15, 0.2) is 29.3 Å². The first kappa shape index (κ1) is 15.7. The van der Waals surface area contributed by atoms with Crippen LogP contribution in [0, 0.1) is 6.92 Å². The summed E-state index contributed by atoms with van der Waals surface area (Å²) >= 11 is 0. The van der Waals surface area contributed by atoms with Gasteiger partial charge in [0.05, 0.1) is 17.2 Å². The standard InChI is InChI=1S/C17H22N4O2/c1-13-4-2-5-14-16(13)19-12-21(17(14)23)10-6-15(22)20-9-3-7-18-8-11-20/h2,4-5,12,18H,3,6-11H2,1H3. The third-order valence-electron chi connectivity index (χ3n) is 4.31. The van der Waals surface area contributed by atoms with E-state index in [4.69, 9.17) is 0 Å². The molecule has 1 aliphatic rings. The molecule has 1 amide bonds. The lowest BCUT2D eigenvalue weighted by Gasteiger charge is -2.20. The maximum atomic E-state index is 12.5. The highest BCUT2D eigenvalue weighted by atomic mass is 16.2. The van der Waals surface area contributed by atoms with Crippen molar-refractivity contribution in [2.75, 3.05) is 26.2 Å². The minimum Gasteiger partial charge on any atom is -0.341 e. The van der Waals surface area contributed by atoms with Crippen LogP contribution in [0.1, 0.15) is 18.4 Å². The number of aryl methyl sites for hydroxylation is 2. The Bertz CT molecular complexity index is 761. The number of carbonyl (C=O) groups excluding carboxylic acids is 1. The van der Waals surface area contributed by atoms with Crippen molar-refractivity contribution < 1.29 is 4.79 Å². The van der Waals surface area contributed by atoms with Crippen LogP contribution >= 0.6 is 0 Å². The van der Waals surface area contributed by atoms with Gasteiger partial charge in [-0.1, -0.05) is 12.1 Å². The highest BCUT2D eigenvalue weighted by Crippen LogP contribution is 2.11. The van der Waals surface area contributed by atoms with E-state index in [2.05, 4.69) is 10.3 Å². The van der Waals surface area contributed by atoms with Crippen molar-refractivity contribution in [1.82, 2.24) is 19.8 Å². The van der Waals surface area contributed by atoms with Gasteiger partial charge in [0, 0.05) is 32.6 Å². The van der Waals surface area contributed by atoms with Gasteiger partial charge in [-0.2, -0.15) is 0 Å². The molecule has 0 atom stereocenters. The van der Waals surface area contributed by atoms with Gasteiger partial charge < -0.3 is 10.2 Å². The number of nitrogens with zero attached hydrogens (tertiary/aromatic N) is 3. The van der Waals surface area contributed by atoms with Gasteiger partial charge in [-0.15, -0.1) is 0 Å². The first-order chi connectivity index (χ1) is 11.2. The van der Waals surface area contributed by atoms with Crippen molar-refractivity contribution in [1.29, 1.82) is 0 Å². The van der Waals surface area contributed by atoms with Crippen LogP contribution in [-0.4, -0.2) is 46.5 Å². The third-order valence-corrected chi connectivity index (χ3v) is 4.31. The van der Waals surface area contributed by atoms with E-state index in [-0.39, 0.29) is 11.5 Å². The number of fused-ring (bicyclic) bond motifs is 1. The minimum absolute atomic E-state index is 0.0796. The summed E-state index contributed by atoms with van der Waals surface area (Å²) < 4.78 is 1.54. The summed E-state index contributed by atoms with van der Waals surface area (Å²) in [7, 11) is 0. The van der Waals surface area contributed by atoms with E-state index >= 15 is 0 Å². The number of nitrogens with one attached hydrogen (secondary N) is 1. The van der Waals surface area contributed by atoms with Crippen molar-refractivity contribution >= 4 is 16.8 Å². The maximum absolute atomic E-state index is 12.5. The zero-order valence-corrected chi connectivity index (χ0v) is 13.4. The van der Waals surface area contributed by atoms with E-state index in [1.807, 2.05) is 24.0 Å². The molecular formula is C17H22N4O2. The normalized spacial score (nSPS) is 15.6. The van der Waals surface area contributed by atoms with Gasteiger partial charge in [0.25, 0.3) is 5.56 Å². The van der Waals surface area contributed by atoms with Crippen molar-refractivity contribution in [2.45, 2.75) is 26.3 Å². The molecule has 23 heavy (non-hydrogen) atoms. The van der Waals surface area contributed by atoms with E-state index in [0.29, 0.717) is 18.4 Å². The molecule has 0 spiro atoms. The Morgan fingerprint density at radius 1 is 1.30 bits per heavy atom. The molecule has 1 saturated heterocycles. The third kappa shape index (κ3) is 3.42. The molecule has 122 valence electrons. The molecule has 1 aromatic heterocycles. The first-order valence-corrected chi connectivity index (χ1v) is 8.10. The summed E-state index contributed by atoms with van der Waals surface area (Å²) in [4.78, 5) is 31.1. The van der Waals surface area contributed by atoms with Gasteiger partial charge in [-0.3, -0.25) is 14.2 Å². The number of amides is 1. The largest absolute Gasteiger partial charge is 0.341 e. The quantitative estimate of drug-likeness (QED) is 0.915. The minimum atomic E-state index is -0.0796. The van der Waals surface area contributed by atoms with Crippen LogP contribution in [0.4, 0.5) is 0 Å². The van der Waals surface area contributed by atoms with Gasteiger partial charge in [-0.05, 0) is 31.5 Å². The summed E-state index contributed by atoms with van der Waals surface area (Å²) in [5.41, 5.74) is 1.64. The van der Waals surface area contributed by atoms with Crippen LogP contribution in [0.25, 0.3) is 10.9 Å². The topological polar surface area (TPSA) is 67.2 Å². The van der Waals surface area contributed by atoms with Crippen molar-refractivity contribution in [3.8, 4) is 0 Å². The average Bonchev–Trinajstić information content (AvgIpc) is 2.84. The van der Waals surface area contributed by atoms with Gasteiger partial charge in [-0.25, -0.2) is 4.98 Å². The van der Waals surface area contributed by atoms with E-state index < -0.39 is 0 Å². The Labute approximate surface area is 135 Å². The molecule has 0 radical (unpaired) electrons. The molecule has 3 rings (SSSR count). The summed E-state index contributed by atoms with van der Waals surface area (Å²) in [6.45, 7) is 5.63. The Morgan fingerprint density at radius 3 is 3.04 bits per heavy atom. The van der Waals surface area contributed by atoms with Crippen molar-refractivity contribution in [2.24, 2.45) is 0 Å². The number of hydrogen-bond donors (Lipinski definition) is 1. The lowest BCUT2D eigenvalue weighted by molar-refractivity contribution is -0.131. The lowest BCUT2D eigenvalue weighted by Crippen LogP contribution is -2.35. The molecule has 0 unspecified atom stereocenters. The van der Waals surface area contributed by atoms with Crippen molar-refractivity contribution in [3.05, 3.63) is 40.4 Å².